The Morgan fingerprint density at radius 2 is 1.90 bits per heavy atom. The van der Waals surface area contributed by atoms with Gasteiger partial charge in [-0.25, -0.2) is 4.39 Å². The standard InChI is InChI=1S/C24H24FNO4/c1-2-16-5-7-17(8-6-16)14-26(15-19-4-3-11-29-19)24(28)23-13-21(27)20-12-18(25)9-10-22(20)30-23/h5-10,12-13,19H,2-4,11,14-15H2,1H3/t19-/m0/s1. The molecule has 0 bridgehead atoms. The molecular weight excluding hydrogens is 385 g/mol. The van der Waals surface area contributed by atoms with Crippen LogP contribution in [0.3, 0.4) is 0 Å². The highest BCUT2D eigenvalue weighted by molar-refractivity contribution is 5.93. The summed E-state index contributed by atoms with van der Waals surface area (Å²) in [6.45, 7) is 3.58. The van der Waals surface area contributed by atoms with Gasteiger partial charge < -0.3 is 14.1 Å². The molecule has 1 atom stereocenters. The number of carbonyl (C=O) groups excluding carboxylic acids is 1. The molecule has 0 saturated carbocycles. The van der Waals surface area contributed by atoms with E-state index in [0.717, 1.165) is 37.0 Å². The first-order chi connectivity index (χ1) is 14.5. The molecule has 30 heavy (non-hydrogen) atoms. The van der Waals surface area contributed by atoms with Crippen LogP contribution in [0.1, 0.15) is 41.4 Å². The Morgan fingerprint density at radius 1 is 1.13 bits per heavy atom. The van der Waals surface area contributed by atoms with Crippen molar-refractivity contribution in [1.82, 2.24) is 4.90 Å². The average molecular weight is 409 g/mol. The second-order valence-corrected chi connectivity index (χ2v) is 7.61. The second kappa shape index (κ2) is 8.79. The van der Waals surface area contributed by atoms with Crippen LogP contribution in [0.5, 0.6) is 0 Å². The quantitative estimate of drug-likeness (QED) is 0.609. The highest BCUT2D eigenvalue weighted by Gasteiger charge is 2.25. The fourth-order valence-corrected chi connectivity index (χ4v) is 3.74. The number of rotatable bonds is 6. The predicted molar refractivity (Wildman–Crippen MR) is 112 cm³/mol. The van der Waals surface area contributed by atoms with Gasteiger partial charge in [-0.05, 0) is 48.6 Å². The number of hydrogen-bond donors (Lipinski definition) is 0. The minimum atomic E-state index is -0.524. The Labute approximate surface area is 174 Å². The third-order valence-corrected chi connectivity index (χ3v) is 5.44. The molecule has 3 aromatic rings. The average Bonchev–Trinajstić information content (AvgIpc) is 3.27. The van der Waals surface area contributed by atoms with E-state index in [4.69, 9.17) is 9.15 Å². The van der Waals surface area contributed by atoms with E-state index < -0.39 is 11.2 Å². The van der Waals surface area contributed by atoms with Gasteiger partial charge in [0.05, 0.1) is 11.5 Å². The van der Waals surface area contributed by atoms with Gasteiger partial charge >= 0.3 is 0 Å². The van der Waals surface area contributed by atoms with E-state index in [1.807, 2.05) is 12.1 Å². The number of nitrogens with zero attached hydrogens (tertiary/aromatic N) is 1. The van der Waals surface area contributed by atoms with Crippen LogP contribution in [0.2, 0.25) is 0 Å². The number of fused-ring (bicyclic) bond motifs is 1. The fourth-order valence-electron chi connectivity index (χ4n) is 3.74. The lowest BCUT2D eigenvalue weighted by atomic mass is 10.1. The molecule has 0 unspecified atom stereocenters. The van der Waals surface area contributed by atoms with Gasteiger partial charge in [-0.1, -0.05) is 31.2 Å². The Hall–Kier alpha value is -2.99. The van der Waals surface area contributed by atoms with Crippen LogP contribution < -0.4 is 5.43 Å². The van der Waals surface area contributed by atoms with E-state index in [0.29, 0.717) is 19.7 Å². The molecule has 6 heteroatoms. The summed E-state index contributed by atoms with van der Waals surface area (Å²) in [6.07, 6.45) is 2.76. The van der Waals surface area contributed by atoms with Crippen LogP contribution >= 0.6 is 0 Å². The summed E-state index contributed by atoms with van der Waals surface area (Å²) < 4.78 is 24.9. The summed E-state index contributed by atoms with van der Waals surface area (Å²) in [5.74, 6) is -0.958. The molecule has 1 saturated heterocycles. The fraction of sp³-hybridized carbons (Fsp3) is 0.333. The largest absolute Gasteiger partial charge is 0.451 e. The first kappa shape index (κ1) is 20.3. The van der Waals surface area contributed by atoms with Crippen molar-refractivity contribution in [2.75, 3.05) is 13.2 Å². The van der Waals surface area contributed by atoms with Crippen molar-refractivity contribution >= 4 is 16.9 Å². The Kier molecular flexibility index (Phi) is 5.95. The van der Waals surface area contributed by atoms with Crippen molar-refractivity contribution in [2.24, 2.45) is 0 Å². The first-order valence-corrected chi connectivity index (χ1v) is 10.3. The third-order valence-electron chi connectivity index (χ3n) is 5.44. The van der Waals surface area contributed by atoms with E-state index in [9.17, 15) is 14.0 Å². The van der Waals surface area contributed by atoms with E-state index in [2.05, 4.69) is 19.1 Å². The SMILES string of the molecule is CCc1ccc(CN(C[C@@H]2CCCO2)C(=O)c2cc(=O)c3cc(F)ccc3o2)cc1. The molecule has 4 rings (SSSR count). The molecule has 1 amide bonds. The lowest BCUT2D eigenvalue weighted by molar-refractivity contribution is 0.0484. The molecule has 1 fully saturated rings. The number of carbonyl (C=O) groups is 1. The summed E-state index contributed by atoms with van der Waals surface area (Å²) >= 11 is 0. The number of benzene rings is 2. The van der Waals surface area contributed by atoms with Gasteiger partial charge in [-0.2, -0.15) is 0 Å². The maximum Gasteiger partial charge on any atom is 0.290 e. The van der Waals surface area contributed by atoms with E-state index >= 15 is 0 Å². The smallest absolute Gasteiger partial charge is 0.290 e. The van der Waals surface area contributed by atoms with Crippen LogP contribution in [0.4, 0.5) is 4.39 Å². The highest BCUT2D eigenvalue weighted by Crippen LogP contribution is 2.20. The number of ether oxygens (including phenoxy) is 1. The highest BCUT2D eigenvalue weighted by atomic mass is 19.1. The molecule has 0 N–H and O–H groups in total. The van der Waals surface area contributed by atoms with Gasteiger partial charge in [-0.15, -0.1) is 0 Å². The lowest BCUT2D eigenvalue weighted by Gasteiger charge is -2.25. The summed E-state index contributed by atoms with van der Waals surface area (Å²) in [5, 5.41) is 0.118. The van der Waals surface area contributed by atoms with E-state index in [1.54, 1.807) is 4.90 Å². The molecule has 5 nitrogen and oxygen atoms in total. The van der Waals surface area contributed by atoms with Crippen molar-refractivity contribution in [1.29, 1.82) is 0 Å². The second-order valence-electron chi connectivity index (χ2n) is 7.61. The van der Waals surface area contributed by atoms with Crippen LogP contribution in [-0.4, -0.2) is 30.1 Å². The minimum Gasteiger partial charge on any atom is -0.451 e. The molecule has 0 aliphatic carbocycles. The van der Waals surface area contributed by atoms with Gasteiger partial charge in [0.25, 0.3) is 5.91 Å². The zero-order valence-electron chi connectivity index (χ0n) is 16.9. The third kappa shape index (κ3) is 4.44. The molecule has 0 spiro atoms. The molecule has 156 valence electrons. The van der Waals surface area contributed by atoms with Crippen molar-refractivity contribution in [3.63, 3.8) is 0 Å². The summed E-state index contributed by atoms with van der Waals surface area (Å²) in [7, 11) is 0. The zero-order valence-corrected chi connectivity index (χ0v) is 16.9. The van der Waals surface area contributed by atoms with Crippen LogP contribution in [0, 0.1) is 5.82 Å². The van der Waals surface area contributed by atoms with E-state index in [-0.39, 0.29) is 28.7 Å². The summed E-state index contributed by atoms with van der Waals surface area (Å²) in [6, 6.07) is 13.0. The van der Waals surface area contributed by atoms with Gasteiger partial charge in [0, 0.05) is 25.8 Å². The molecule has 1 aliphatic rings. The van der Waals surface area contributed by atoms with Crippen molar-refractivity contribution < 1.29 is 18.3 Å². The van der Waals surface area contributed by atoms with E-state index in [1.165, 1.54) is 17.7 Å². The molecule has 1 aromatic heterocycles. The molecule has 0 radical (unpaired) electrons. The number of aryl methyl sites for hydroxylation is 1. The maximum atomic E-state index is 13.5. The van der Waals surface area contributed by atoms with Crippen LogP contribution in [0.15, 0.2) is 57.7 Å². The zero-order chi connectivity index (χ0) is 21.1. The monoisotopic (exact) mass is 409 g/mol. The summed E-state index contributed by atoms with van der Waals surface area (Å²) in [5.41, 5.74) is 1.97. The Balaban J connectivity index is 1.64. The topological polar surface area (TPSA) is 59.8 Å². The molecule has 2 aromatic carbocycles. The van der Waals surface area contributed by atoms with Crippen molar-refractivity contribution in [2.45, 2.75) is 38.8 Å². The molecule has 1 aliphatic heterocycles. The van der Waals surface area contributed by atoms with Gasteiger partial charge in [0.1, 0.15) is 11.4 Å². The van der Waals surface area contributed by atoms with Crippen LogP contribution in [0.25, 0.3) is 11.0 Å². The van der Waals surface area contributed by atoms with Gasteiger partial charge in [0.2, 0.25) is 0 Å². The van der Waals surface area contributed by atoms with Gasteiger partial charge in [0.15, 0.2) is 11.2 Å². The Morgan fingerprint density at radius 3 is 2.60 bits per heavy atom. The Bertz CT molecular complexity index is 1100. The first-order valence-electron chi connectivity index (χ1n) is 10.3. The lowest BCUT2D eigenvalue weighted by Crippen LogP contribution is -2.37. The van der Waals surface area contributed by atoms with Gasteiger partial charge in [-0.3, -0.25) is 9.59 Å². The maximum absolute atomic E-state index is 13.5. The van der Waals surface area contributed by atoms with Crippen molar-refractivity contribution in [3.05, 3.63) is 81.5 Å². The predicted octanol–water partition coefficient (Wildman–Crippen LogP) is 4.32. The summed E-state index contributed by atoms with van der Waals surface area (Å²) in [4.78, 5) is 27.4. The number of hydrogen-bond acceptors (Lipinski definition) is 4. The minimum absolute atomic E-state index is 0.0369. The molecular formula is C24H24FNO4. The van der Waals surface area contributed by atoms with Crippen LogP contribution in [-0.2, 0) is 17.7 Å². The number of halogens is 1. The normalized spacial score (nSPS) is 16.1. The number of amides is 1. The molecule has 2 heterocycles. The van der Waals surface area contributed by atoms with Crippen molar-refractivity contribution in [3.8, 4) is 0 Å².